The van der Waals surface area contributed by atoms with Crippen molar-refractivity contribution in [1.29, 1.82) is 0 Å². The van der Waals surface area contributed by atoms with Gasteiger partial charge in [0.1, 0.15) is 11.3 Å². The molecule has 2 aromatic heterocycles. The van der Waals surface area contributed by atoms with E-state index in [2.05, 4.69) is 22.1 Å². The highest BCUT2D eigenvalue weighted by Gasteiger charge is 2.29. The highest BCUT2D eigenvalue weighted by Crippen LogP contribution is 2.35. The van der Waals surface area contributed by atoms with Gasteiger partial charge in [-0.2, -0.15) is 0 Å². The number of benzene rings is 1. The summed E-state index contributed by atoms with van der Waals surface area (Å²) >= 11 is 0. The molecule has 3 aromatic rings. The summed E-state index contributed by atoms with van der Waals surface area (Å²) < 4.78 is 34.2. The Morgan fingerprint density at radius 3 is 3.00 bits per heavy atom. The van der Waals surface area contributed by atoms with Crippen molar-refractivity contribution in [3.63, 3.8) is 0 Å². The van der Waals surface area contributed by atoms with E-state index in [1.165, 1.54) is 3.97 Å². The van der Waals surface area contributed by atoms with Crippen LogP contribution in [0, 0.1) is 0 Å². The van der Waals surface area contributed by atoms with E-state index in [9.17, 15) is 8.42 Å². The van der Waals surface area contributed by atoms with Gasteiger partial charge in [-0.05, 0) is 31.2 Å². The molecule has 7 nitrogen and oxygen atoms in total. The van der Waals surface area contributed by atoms with Crippen LogP contribution in [0.5, 0.6) is 5.75 Å². The average molecular weight is 398 g/mol. The molecule has 146 valence electrons. The van der Waals surface area contributed by atoms with Crippen LogP contribution in [0.25, 0.3) is 11.0 Å². The van der Waals surface area contributed by atoms with E-state index in [1.54, 1.807) is 30.6 Å². The summed E-state index contributed by atoms with van der Waals surface area (Å²) in [5.74, 6) is 0.659. The number of aromatic nitrogens is 2. The van der Waals surface area contributed by atoms with E-state index < -0.39 is 10.0 Å². The second kappa shape index (κ2) is 6.49. The van der Waals surface area contributed by atoms with Crippen LogP contribution in [0.2, 0.25) is 0 Å². The number of pyridine rings is 1. The SMILES string of the molecule is CC1CN(c2cn(S(=O)(=O)c3cccc4c3CCO4)c3cccnc23)CCN1. The topological polar surface area (TPSA) is 76.5 Å². The number of hydrogen-bond acceptors (Lipinski definition) is 6. The minimum Gasteiger partial charge on any atom is -0.493 e. The lowest BCUT2D eigenvalue weighted by atomic mass is 10.2. The Bertz CT molecular complexity index is 1160. The predicted molar refractivity (Wildman–Crippen MR) is 108 cm³/mol. The molecule has 0 spiro atoms. The zero-order valence-electron chi connectivity index (χ0n) is 15.6. The summed E-state index contributed by atoms with van der Waals surface area (Å²) in [6, 6.07) is 9.15. The second-order valence-corrected chi connectivity index (χ2v) is 9.10. The zero-order chi connectivity index (χ0) is 19.3. The predicted octanol–water partition coefficient (Wildman–Crippen LogP) is 2.01. The van der Waals surface area contributed by atoms with E-state index in [-0.39, 0.29) is 0 Å². The van der Waals surface area contributed by atoms with Gasteiger partial charge in [0.05, 0.1) is 22.7 Å². The molecule has 4 heterocycles. The number of ether oxygens (including phenoxy) is 1. The molecule has 1 atom stereocenters. The van der Waals surface area contributed by atoms with Crippen molar-refractivity contribution < 1.29 is 13.2 Å². The maximum Gasteiger partial charge on any atom is 0.268 e. The van der Waals surface area contributed by atoms with Gasteiger partial charge in [-0.25, -0.2) is 12.4 Å². The van der Waals surface area contributed by atoms with Crippen molar-refractivity contribution in [3.05, 3.63) is 48.3 Å². The van der Waals surface area contributed by atoms with E-state index in [0.717, 1.165) is 30.9 Å². The molecular weight excluding hydrogens is 376 g/mol. The summed E-state index contributed by atoms with van der Waals surface area (Å²) in [6.07, 6.45) is 4.03. The minimum atomic E-state index is -3.77. The molecule has 0 aliphatic carbocycles. The van der Waals surface area contributed by atoms with Gasteiger partial charge >= 0.3 is 0 Å². The first-order valence-corrected chi connectivity index (χ1v) is 10.9. The van der Waals surface area contributed by atoms with Crippen LogP contribution >= 0.6 is 0 Å². The molecule has 1 saturated heterocycles. The van der Waals surface area contributed by atoms with Crippen LogP contribution in [-0.2, 0) is 16.4 Å². The Morgan fingerprint density at radius 1 is 1.25 bits per heavy atom. The Balaban J connectivity index is 1.69. The van der Waals surface area contributed by atoms with Crippen LogP contribution < -0.4 is 15.0 Å². The number of fused-ring (bicyclic) bond motifs is 2. The standard InChI is InChI=1S/C20H22N4O3S/c1-14-12-23(10-9-21-14)17-13-24(16-4-3-8-22-20(16)17)28(25,26)19-6-2-5-18-15(19)7-11-27-18/h2-6,8,13-14,21H,7,9-12H2,1H3. The van der Waals surface area contributed by atoms with E-state index in [0.29, 0.717) is 40.7 Å². The highest BCUT2D eigenvalue weighted by molar-refractivity contribution is 7.90. The van der Waals surface area contributed by atoms with Gasteiger partial charge in [0.25, 0.3) is 10.0 Å². The summed E-state index contributed by atoms with van der Waals surface area (Å²) in [5, 5.41) is 3.42. The molecule has 1 unspecified atom stereocenters. The first-order chi connectivity index (χ1) is 13.6. The molecule has 0 amide bonds. The fourth-order valence-corrected chi connectivity index (χ4v) is 5.75. The summed E-state index contributed by atoms with van der Waals surface area (Å²) in [7, 11) is -3.77. The maximum absolute atomic E-state index is 13.6. The first-order valence-electron chi connectivity index (χ1n) is 9.50. The quantitative estimate of drug-likeness (QED) is 0.727. The summed E-state index contributed by atoms with van der Waals surface area (Å²) in [6.45, 7) is 5.12. The fraction of sp³-hybridized carbons (Fsp3) is 0.350. The molecule has 28 heavy (non-hydrogen) atoms. The van der Waals surface area contributed by atoms with Crippen LogP contribution in [0.4, 0.5) is 5.69 Å². The third-order valence-electron chi connectivity index (χ3n) is 5.45. The Hall–Kier alpha value is -2.58. The molecule has 1 N–H and O–H groups in total. The van der Waals surface area contributed by atoms with Crippen LogP contribution in [-0.4, -0.2) is 49.7 Å². The van der Waals surface area contributed by atoms with Gasteiger partial charge in [0.2, 0.25) is 0 Å². The normalized spacial score (nSPS) is 19.6. The van der Waals surface area contributed by atoms with Gasteiger partial charge < -0.3 is 15.0 Å². The number of piperazine rings is 1. The van der Waals surface area contributed by atoms with Crippen molar-refractivity contribution in [2.24, 2.45) is 0 Å². The molecule has 0 saturated carbocycles. The third-order valence-corrected chi connectivity index (χ3v) is 7.21. The van der Waals surface area contributed by atoms with E-state index in [1.807, 2.05) is 12.1 Å². The largest absolute Gasteiger partial charge is 0.493 e. The molecule has 2 aliphatic heterocycles. The number of nitrogens with zero attached hydrogens (tertiary/aromatic N) is 3. The Kier molecular flexibility index (Phi) is 4.06. The summed E-state index contributed by atoms with van der Waals surface area (Å²) in [5.41, 5.74) is 2.92. The molecule has 0 bridgehead atoms. The highest BCUT2D eigenvalue weighted by atomic mass is 32.2. The average Bonchev–Trinajstić information content (AvgIpc) is 3.32. The van der Waals surface area contributed by atoms with Gasteiger partial charge in [-0.15, -0.1) is 0 Å². The lowest BCUT2D eigenvalue weighted by molar-refractivity contribution is 0.357. The molecule has 0 radical (unpaired) electrons. The number of nitrogens with one attached hydrogen (secondary N) is 1. The molecule has 2 aliphatic rings. The second-order valence-electron chi connectivity index (χ2n) is 7.32. The van der Waals surface area contributed by atoms with Crippen molar-refractivity contribution in [1.82, 2.24) is 14.3 Å². The monoisotopic (exact) mass is 398 g/mol. The van der Waals surface area contributed by atoms with E-state index in [4.69, 9.17) is 4.74 Å². The molecular formula is C20H22N4O3S. The molecule has 5 rings (SSSR count). The van der Waals surface area contributed by atoms with Crippen molar-refractivity contribution in [3.8, 4) is 5.75 Å². The Labute approximate surface area is 164 Å². The Morgan fingerprint density at radius 2 is 2.14 bits per heavy atom. The number of anilines is 1. The number of hydrogen-bond donors (Lipinski definition) is 1. The lowest BCUT2D eigenvalue weighted by Gasteiger charge is -2.32. The zero-order valence-corrected chi connectivity index (χ0v) is 16.4. The number of rotatable bonds is 3. The van der Waals surface area contributed by atoms with Crippen molar-refractivity contribution >= 4 is 26.7 Å². The van der Waals surface area contributed by atoms with Gasteiger partial charge in [-0.1, -0.05) is 6.07 Å². The van der Waals surface area contributed by atoms with Crippen LogP contribution in [0.15, 0.2) is 47.6 Å². The fourth-order valence-electron chi connectivity index (χ4n) is 4.13. The molecule has 1 aromatic carbocycles. The van der Waals surface area contributed by atoms with Crippen molar-refractivity contribution in [2.75, 3.05) is 31.1 Å². The third kappa shape index (κ3) is 2.67. The molecule has 1 fully saturated rings. The van der Waals surface area contributed by atoms with Crippen LogP contribution in [0.1, 0.15) is 12.5 Å². The molecule has 8 heteroatoms. The van der Waals surface area contributed by atoms with E-state index >= 15 is 0 Å². The lowest BCUT2D eigenvalue weighted by Crippen LogP contribution is -2.49. The van der Waals surface area contributed by atoms with Gasteiger partial charge in [-0.3, -0.25) is 4.98 Å². The smallest absolute Gasteiger partial charge is 0.268 e. The summed E-state index contributed by atoms with van der Waals surface area (Å²) in [4.78, 5) is 7.03. The van der Waals surface area contributed by atoms with Gasteiger partial charge in [0, 0.05) is 50.1 Å². The van der Waals surface area contributed by atoms with Crippen molar-refractivity contribution in [2.45, 2.75) is 24.3 Å². The maximum atomic E-state index is 13.6. The van der Waals surface area contributed by atoms with Gasteiger partial charge in [0.15, 0.2) is 0 Å². The first kappa shape index (κ1) is 17.5. The van der Waals surface area contributed by atoms with Crippen LogP contribution in [0.3, 0.4) is 0 Å². The minimum absolute atomic E-state index is 0.309.